The number of hydrogen-bond donors (Lipinski definition) is 3. The molecule has 0 atom stereocenters. The number of nitriles is 1. The summed E-state index contributed by atoms with van der Waals surface area (Å²) in [6, 6.07) is 10.0. The molecule has 0 aliphatic heterocycles. The minimum absolute atomic E-state index is 0.0863. The first-order valence-electron chi connectivity index (χ1n) is 6.23. The Hall–Kier alpha value is -3.04. The lowest BCUT2D eigenvalue weighted by Crippen LogP contribution is -2.14. The Morgan fingerprint density at radius 3 is 2.82 bits per heavy atom. The number of nitrogens with two attached hydrogens (primary N) is 1. The first-order valence-corrected chi connectivity index (χ1v) is 6.61. The molecule has 2 aromatic rings. The Balaban J connectivity index is 2.08. The van der Waals surface area contributed by atoms with E-state index < -0.39 is 5.91 Å². The quantitative estimate of drug-likeness (QED) is 0.457. The Labute approximate surface area is 132 Å². The minimum atomic E-state index is -0.556. The molecule has 0 aliphatic carbocycles. The van der Waals surface area contributed by atoms with Gasteiger partial charge in [0.1, 0.15) is 11.6 Å². The van der Waals surface area contributed by atoms with E-state index in [0.29, 0.717) is 22.1 Å². The maximum atomic E-state index is 12.0. The summed E-state index contributed by atoms with van der Waals surface area (Å²) >= 11 is 5.88. The SMILES string of the molecule is N#C/C(=C/Nc1cccnc1)C(=O)Nc1ccc(N)c(Cl)c1. The highest BCUT2D eigenvalue weighted by atomic mass is 35.5. The lowest BCUT2D eigenvalue weighted by molar-refractivity contribution is -0.112. The van der Waals surface area contributed by atoms with E-state index in [1.807, 2.05) is 6.07 Å². The predicted octanol–water partition coefficient (Wildman–Crippen LogP) is 2.78. The number of pyridine rings is 1. The van der Waals surface area contributed by atoms with Crippen LogP contribution in [0, 0.1) is 11.3 Å². The molecule has 0 aliphatic rings. The summed E-state index contributed by atoms with van der Waals surface area (Å²) in [6.07, 6.45) is 4.51. The van der Waals surface area contributed by atoms with Gasteiger partial charge in [-0.05, 0) is 30.3 Å². The Bertz CT molecular complexity index is 752. The summed E-state index contributed by atoms with van der Waals surface area (Å²) < 4.78 is 0. The normalized spacial score (nSPS) is 10.6. The maximum Gasteiger partial charge on any atom is 0.267 e. The van der Waals surface area contributed by atoms with Gasteiger partial charge in [0.25, 0.3) is 5.91 Å². The molecule has 0 bridgehead atoms. The predicted molar refractivity (Wildman–Crippen MR) is 86.0 cm³/mol. The summed E-state index contributed by atoms with van der Waals surface area (Å²) in [5.74, 6) is -0.556. The number of aromatic nitrogens is 1. The van der Waals surface area contributed by atoms with Crippen molar-refractivity contribution in [2.24, 2.45) is 0 Å². The topological polar surface area (TPSA) is 104 Å². The van der Waals surface area contributed by atoms with E-state index in [1.54, 1.807) is 36.7 Å². The molecule has 1 heterocycles. The van der Waals surface area contributed by atoms with E-state index in [4.69, 9.17) is 22.6 Å². The van der Waals surface area contributed by atoms with Gasteiger partial charge < -0.3 is 16.4 Å². The van der Waals surface area contributed by atoms with E-state index in [9.17, 15) is 4.79 Å². The fourth-order valence-electron chi connectivity index (χ4n) is 1.56. The number of nitrogen functional groups attached to an aromatic ring is 1. The Kier molecular flexibility index (Phi) is 4.96. The van der Waals surface area contributed by atoms with Crippen LogP contribution in [0.25, 0.3) is 0 Å². The van der Waals surface area contributed by atoms with Crippen LogP contribution in [-0.4, -0.2) is 10.9 Å². The smallest absolute Gasteiger partial charge is 0.267 e. The zero-order valence-electron chi connectivity index (χ0n) is 11.4. The van der Waals surface area contributed by atoms with Crippen molar-refractivity contribution in [2.75, 3.05) is 16.4 Å². The van der Waals surface area contributed by atoms with Crippen molar-refractivity contribution in [2.45, 2.75) is 0 Å². The van der Waals surface area contributed by atoms with Gasteiger partial charge in [0, 0.05) is 18.1 Å². The largest absolute Gasteiger partial charge is 0.398 e. The molecular formula is C15H12ClN5O. The highest BCUT2D eigenvalue weighted by Crippen LogP contribution is 2.22. The highest BCUT2D eigenvalue weighted by Gasteiger charge is 2.10. The van der Waals surface area contributed by atoms with E-state index >= 15 is 0 Å². The van der Waals surface area contributed by atoms with Crippen molar-refractivity contribution in [1.29, 1.82) is 5.26 Å². The maximum absolute atomic E-state index is 12.0. The van der Waals surface area contributed by atoms with Gasteiger partial charge in [0.2, 0.25) is 0 Å². The fraction of sp³-hybridized carbons (Fsp3) is 0. The van der Waals surface area contributed by atoms with Gasteiger partial charge in [-0.25, -0.2) is 0 Å². The zero-order chi connectivity index (χ0) is 15.9. The first kappa shape index (κ1) is 15.4. The van der Waals surface area contributed by atoms with Gasteiger partial charge in [0.05, 0.1) is 22.6 Å². The van der Waals surface area contributed by atoms with Crippen LogP contribution >= 0.6 is 11.6 Å². The third-order valence-electron chi connectivity index (χ3n) is 2.67. The second kappa shape index (κ2) is 7.11. The van der Waals surface area contributed by atoms with E-state index in [-0.39, 0.29) is 5.57 Å². The molecule has 0 fully saturated rings. The molecule has 0 spiro atoms. The number of hydrogen-bond acceptors (Lipinski definition) is 5. The molecule has 6 nitrogen and oxygen atoms in total. The highest BCUT2D eigenvalue weighted by molar-refractivity contribution is 6.33. The van der Waals surface area contributed by atoms with Gasteiger partial charge in [0.15, 0.2) is 0 Å². The Morgan fingerprint density at radius 2 is 2.18 bits per heavy atom. The molecule has 22 heavy (non-hydrogen) atoms. The lowest BCUT2D eigenvalue weighted by atomic mass is 10.2. The van der Waals surface area contributed by atoms with Crippen molar-refractivity contribution in [3.05, 3.63) is 59.5 Å². The molecule has 1 amide bonds. The summed E-state index contributed by atoms with van der Waals surface area (Å²) in [7, 11) is 0. The van der Waals surface area contributed by atoms with E-state index in [1.165, 1.54) is 12.3 Å². The number of nitrogens with zero attached hydrogens (tertiary/aromatic N) is 2. The summed E-state index contributed by atoms with van der Waals surface area (Å²) in [6.45, 7) is 0. The number of halogens is 1. The summed E-state index contributed by atoms with van der Waals surface area (Å²) in [4.78, 5) is 15.9. The standard InChI is InChI=1S/C15H12ClN5O/c16-13-6-11(3-4-14(13)18)21-15(22)10(7-17)8-20-12-2-1-5-19-9-12/h1-6,8-9,20H,18H2,(H,21,22)/b10-8-. The third-order valence-corrected chi connectivity index (χ3v) is 3.00. The number of carbonyl (C=O) groups excluding carboxylic acids is 1. The average Bonchev–Trinajstić information content (AvgIpc) is 2.52. The second-order valence-corrected chi connectivity index (χ2v) is 4.65. The van der Waals surface area contributed by atoms with Crippen molar-refractivity contribution < 1.29 is 4.79 Å². The van der Waals surface area contributed by atoms with Crippen LogP contribution in [0.4, 0.5) is 17.1 Å². The second-order valence-electron chi connectivity index (χ2n) is 4.25. The van der Waals surface area contributed by atoms with Crippen molar-refractivity contribution in [3.63, 3.8) is 0 Å². The van der Waals surface area contributed by atoms with Gasteiger partial charge in [-0.15, -0.1) is 0 Å². The van der Waals surface area contributed by atoms with Crippen molar-refractivity contribution >= 4 is 34.6 Å². The van der Waals surface area contributed by atoms with Crippen LogP contribution in [0.3, 0.4) is 0 Å². The van der Waals surface area contributed by atoms with Gasteiger partial charge in [-0.1, -0.05) is 11.6 Å². The fourth-order valence-corrected chi connectivity index (χ4v) is 1.74. The van der Waals surface area contributed by atoms with Crippen molar-refractivity contribution in [1.82, 2.24) is 4.98 Å². The molecule has 1 aromatic heterocycles. The number of benzene rings is 1. The number of carbonyl (C=O) groups is 1. The van der Waals surface area contributed by atoms with Crippen LogP contribution in [-0.2, 0) is 4.79 Å². The first-order chi connectivity index (χ1) is 10.6. The molecule has 110 valence electrons. The monoisotopic (exact) mass is 313 g/mol. The number of amides is 1. The minimum Gasteiger partial charge on any atom is -0.398 e. The molecule has 0 unspecified atom stereocenters. The van der Waals surface area contributed by atoms with Crippen LogP contribution in [0.1, 0.15) is 0 Å². The number of nitrogens with one attached hydrogen (secondary N) is 2. The summed E-state index contributed by atoms with van der Waals surface area (Å²) in [5.41, 5.74) is 7.03. The van der Waals surface area contributed by atoms with Gasteiger partial charge >= 0.3 is 0 Å². The third kappa shape index (κ3) is 3.98. The lowest BCUT2D eigenvalue weighted by Gasteiger charge is -2.06. The molecule has 0 saturated heterocycles. The molecule has 2 rings (SSSR count). The van der Waals surface area contributed by atoms with Crippen LogP contribution in [0.2, 0.25) is 5.02 Å². The Morgan fingerprint density at radius 1 is 1.36 bits per heavy atom. The van der Waals surface area contributed by atoms with E-state index in [0.717, 1.165) is 0 Å². The number of rotatable bonds is 4. The molecule has 0 radical (unpaired) electrons. The summed E-state index contributed by atoms with van der Waals surface area (Å²) in [5, 5.41) is 14.8. The van der Waals surface area contributed by atoms with E-state index in [2.05, 4.69) is 15.6 Å². The van der Waals surface area contributed by atoms with Crippen LogP contribution < -0.4 is 16.4 Å². The zero-order valence-corrected chi connectivity index (χ0v) is 12.1. The molecule has 4 N–H and O–H groups in total. The molecular weight excluding hydrogens is 302 g/mol. The number of anilines is 3. The molecule has 0 saturated carbocycles. The van der Waals surface area contributed by atoms with Gasteiger partial charge in [-0.2, -0.15) is 5.26 Å². The average molecular weight is 314 g/mol. The van der Waals surface area contributed by atoms with Crippen LogP contribution in [0.15, 0.2) is 54.5 Å². The van der Waals surface area contributed by atoms with Crippen LogP contribution in [0.5, 0.6) is 0 Å². The molecule has 7 heteroatoms. The van der Waals surface area contributed by atoms with Gasteiger partial charge in [-0.3, -0.25) is 9.78 Å². The van der Waals surface area contributed by atoms with Crippen molar-refractivity contribution in [3.8, 4) is 6.07 Å². The molecule has 1 aromatic carbocycles.